The quantitative estimate of drug-likeness (QED) is 0.534. The van der Waals surface area contributed by atoms with Gasteiger partial charge in [-0.1, -0.05) is 34.1 Å². The standard InChI is InChI=1S/C11H24O/c1-5-6-7-12-9-11(4)8-10(2)3/h10-11H,5-9H2,1-4H3. The van der Waals surface area contributed by atoms with E-state index in [1.54, 1.807) is 0 Å². The highest BCUT2D eigenvalue weighted by atomic mass is 16.5. The topological polar surface area (TPSA) is 9.23 Å². The fraction of sp³-hybridized carbons (Fsp3) is 1.00. The van der Waals surface area contributed by atoms with Crippen LogP contribution in [0.25, 0.3) is 0 Å². The fourth-order valence-corrected chi connectivity index (χ4v) is 1.40. The van der Waals surface area contributed by atoms with Crippen molar-refractivity contribution in [2.45, 2.75) is 47.0 Å². The Kier molecular flexibility index (Phi) is 7.58. The van der Waals surface area contributed by atoms with E-state index in [-0.39, 0.29) is 0 Å². The molecule has 74 valence electrons. The molecule has 12 heavy (non-hydrogen) atoms. The molecule has 0 rings (SSSR count). The van der Waals surface area contributed by atoms with E-state index in [0.29, 0.717) is 0 Å². The second kappa shape index (κ2) is 7.60. The van der Waals surface area contributed by atoms with Crippen molar-refractivity contribution in [3.8, 4) is 0 Å². The highest BCUT2D eigenvalue weighted by Gasteiger charge is 2.04. The third kappa shape index (κ3) is 8.06. The molecule has 0 aliphatic rings. The molecule has 0 heterocycles. The van der Waals surface area contributed by atoms with E-state index in [9.17, 15) is 0 Å². The van der Waals surface area contributed by atoms with Crippen LogP contribution < -0.4 is 0 Å². The normalized spacial score (nSPS) is 13.8. The van der Waals surface area contributed by atoms with Crippen molar-refractivity contribution in [3.63, 3.8) is 0 Å². The first-order valence-corrected chi connectivity index (χ1v) is 5.24. The molecule has 0 aliphatic heterocycles. The van der Waals surface area contributed by atoms with Gasteiger partial charge in [0.05, 0.1) is 0 Å². The number of ether oxygens (including phenoxy) is 1. The Morgan fingerprint density at radius 3 is 2.33 bits per heavy atom. The second-order valence-corrected chi connectivity index (χ2v) is 4.16. The number of rotatable bonds is 7. The average molecular weight is 172 g/mol. The zero-order valence-corrected chi connectivity index (χ0v) is 9.10. The lowest BCUT2D eigenvalue weighted by atomic mass is 10.00. The third-order valence-corrected chi connectivity index (χ3v) is 1.92. The summed E-state index contributed by atoms with van der Waals surface area (Å²) in [5, 5.41) is 0. The summed E-state index contributed by atoms with van der Waals surface area (Å²) in [6.07, 6.45) is 3.72. The van der Waals surface area contributed by atoms with Gasteiger partial charge in [-0.05, 0) is 24.7 Å². The Morgan fingerprint density at radius 2 is 1.83 bits per heavy atom. The van der Waals surface area contributed by atoms with Crippen LogP contribution in [0.4, 0.5) is 0 Å². The zero-order valence-electron chi connectivity index (χ0n) is 9.10. The summed E-state index contributed by atoms with van der Waals surface area (Å²) in [4.78, 5) is 0. The lowest BCUT2D eigenvalue weighted by Crippen LogP contribution is -2.09. The molecular weight excluding hydrogens is 148 g/mol. The molecule has 1 nitrogen and oxygen atoms in total. The van der Waals surface area contributed by atoms with Gasteiger partial charge in [-0.2, -0.15) is 0 Å². The van der Waals surface area contributed by atoms with E-state index in [1.807, 2.05) is 0 Å². The first-order chi connectivity index (χ1) is 5.66. The minimum atomic E-state index is 0.724. The molecule has 0 fully saturated rings. The highest BCUT2D eigenvalue weighted by molar-refractivity contribution is 4.54. The largest absolute Gasteiger partial charge is 0.381 e. The Hall–Kier alpha value is -0.0400. The molecule has 1 atom stereocenters. The van der Waals surface area contributed by atoms with Crippen LogP contribution in [0.3, 0.4) is 0 Å². The summed E-state index contributed by atoms with van der Waals surface area (Å²) in [6.45, 7) is 10.9. The summed E-state index contributed by atoms with van der Waals surface area (Å²) >= 11 is 0. The van der Waals surface area contributed by atoms with E-state index in [2.05, 4.69) is 27.7 Å². The van der Waals surface area contributed by atoms with Gasteiger partial charge >= 0.3 is 0 Å². The van der Waals surface area contributed by atoms with Crippen LogP contribution in [0.2, 0.25) is 0 Å². The minimum Gasteiger partial charge on any atom is -0.381 e. The van der Waals surface area contributed by atoms with Crippen LogP contribution in [-0.4, -0.2) is 13.2 Å². The number of hydrogen-bond acceptors (Lipinski definition) is 1. The van der Waals surface area contributed by atoms with Gasteiger partial charge in [0, 0.05) is 13.2 Å². The monoisotopic (exact) mass is 172 g/mol. The van der Waals surface area contributed by atoms with Crippen molar-refractivity contribution in [1.29, 1.82) is 0 Å². The first kappa shape index (κ1) is 12.0. The van der Waals surface area contributed by atoms with E-state index in [4.69, 9.17) is 4.74 Å². The average Bonchev–Trinajstić information content (AvgIpc) is 1.97. The highest BCUT2D eigenvalue weighted by Crippen LogP contribution is 2.10. The van der Waals surface area contributed by atoms with Gasteiger partial charge in [-0.15, -0.1) is 0 Å². The molecular formula is C11H24O. The summed E-state index contributed by atoms with van der Waals surface area (Å²) in [6, 6.07) is 0. The molecule has 0 amide bonds. The van der Waals surface area contributed by atoms with Crippen LogP contribution >= 0.6 is 0 Å². The van der Waals surface area contributed by atoms with Gasteiger partial charge in [0.1, 0.15) is 0 Å². The van der Waals surface area contributed by atoms with Crippen LogP contribution in [0, 0.1) is 11.8 Å². The first-order valence-electron chi connectivity index (χ1n) is 5.24. The van der Waals surface area contributed by atoms with Crippen molar-refractivity contribution >= 4 is 0 Å². The second-order valence-electron chi connectivity index (χ2n) is 4.16. The summed E-state index contributed by atoms with van der Waals surface area (Å²) in [5.41, 5.74) is 0. The maximum atomic E-state index is 5.54. The molecule has 0 saturated heterocycles. The van der Waals surface area contributed by atoms with Gasteiger partial charge in [0.15, 0.2) is 0 Å². The fourth-order valence-electron chi connectivity index (χ4n) is 1.40. The van der Waals surface area contributed by atoms with E-state index >= 15 is 0 Å². The van der Waals surface area contributed by atoms with Gasteiger partial charge in [-0.25, -0.2) is 0 Å². The summed E-state index contributed by atoms with van der Waals surface area (Å²) < 4.78 is 5.54. The van der Waals surface area contributed by atoms with Crippen LogP contribution in [0.5, 0.6) is 0 Å². The lowest BCUT2D eigenvalue weighted by molar-refractivity contribution is 0.0955. The molecule has 0 spiro atoms. The molecule has 0 bridgehead atoms. The van der Waals surface area contributed by atoms with Gasteiger partial charge in [0.25, 0.3) is 0 Å². The van der Waals surface area contributed by atoms with Crippen molar-refractivity contribution in [2.75, 3.05) is 13.2 Å². The predicted molar refractivity (Wildman–Crippen MR) is 54.3 cm³/mol. The molecule has 1 unspecified atom stereocenters. The predicted octanol–water partition coefficient (Wildman–Crippen LogP) is 3.49. The van der Waals surface area contributed by atoms with Crippen molar-refractivity contribution in [2.24, 2.45) is 11.8 Å². The van der Waals surface area contributed by atoms with Gasteiger partial charge < -0.3 is 4.74 Å². The van der Waals surface area contributed by atoms with Crippen LogP contribution in [0.15, 0.2) is 0 Å². The zero-order chi connectivity index (χ0) is 9.40. The minimum absolute atomic E-state index is 0.724. The van der Waals surface area contributed by atoms with E-state index in [0.717, 1.165) is 25.0 Å². The summed E-state index contributed by atoms with van der Waals surface area (Å²) in [5.74, 6) is 1.52. The lowest BCUT2D eigenvalue weighted by Gasteiger charge is -2.13. The molecule has 0 aromatic carbocycles. The molecule has 0 aromatic heterocycles. The molecule has 0 radical (unpaired) electrons. The van der Waals surface area contributed by atoms with Gasteiger partial charge in [0.2, 0.25) is 0 Å². The smallest absolute Gasteiger partial charge is 0.0491 e. The van der Waals surface area contributed by atoms with Crippen molar-refractivity contribution < 1.29 is 4.74 Å². The van der Waals surface area contributed by atoms with Crippen LogP contribution in [-0.2, 0) is 4.74 Å². The molecule has 0 N–H and O–H groups in total. The number of hydrogen-bond donors (Lipinski definition) is 0. The maximum absolute atomic E-state index is 5.54. The Balaban J connectivity index is 3.14. The molecule has 0 saturated carbocycles. The molecule has 0 aliphatic carbocycles. The van der Waals surface area contributed by atoms with Crippen LogP contribution in [0.1, 0.15) is 47.0 Å². The van der Waals surface area contributed by atoms with Crippen molar-refractivity contribution in [1.82, 2.24) is 0 Å². The van der Waals surface area contributed by atoms with E-state index in [1.165, 1.54) is 19.3 Å². The Morgan fingerprint density at radius 1 is 1.17 bits per heavy atom. The van der Waals surface area contributed by atoms with Gasteiger partial charge in [-0.3, -0.25) is 0 Å². The Labute approximate surface area is 77.5 Å². The maximum Gasteiger partial charge on any atom is 0.0491 e. The molecule has 0 aromatic rings. The number of unbranched alkanes of at least 4 members (excludes halogenated alkanes) is 1. The summed E-state index contributed by atoms with van der Waals surface area (Å²) in [7, 11) is 0. The van der Waals surface area contributed by atoms with E-state index < -0.39 is 0 Å². The third-order valence-electron chi connectivity index (χ3n) is 1.92. The van der Waals surface area contributed by atoms with Crippen molar-refractivity contribution in [3.05, 3.63) is 0 Å². The Bertz CT molecular complexity index is 89.0. The molecule has 1 heteroatoms. The SMILES string of the molecule is CCCCOCC(C)CC(C)C.